The average molecular weight is 1750 g/mol. The summed E-state index contributed by atoms with van der Waals surface area (Å²) in [6.07, 6.45) is 25.8. The number of hydrogen-bond donors (Lipinski definition) is 3. The Hall–Kier alpha value is -9.99. The Morgan fingerprint density at radius 3 is 1.44 bits per heavy atom. The van der Waals surface area contributed by atoms with Crippen LogP contribution >= 0.6 is 92.8 Å². The van der Waals surface area contributed by atoms with Crippen LogP contribution in [-0.4, -0.2) is 165 Å². The van der Waals surface area contributed by atoms with Crippen molar-refractivity contribution in [2.24, 2.45) is 11.5 Å². The summed E-state index contributed by atoms with van der Waals surface area (Å²) in [7, 11) is 10.4. The van der Waals surface area contributed by atoms with E-state index in [1.807, 2.05) is 6.07 Å². The van der Waals surface area contributed by atoms with Gasteiger partial charge in [0.2, 0.25) is 17.7 Å². The zero-order chi connectivity index (χ0) is 86.1. The number of nitrogens with two attached hydrogens (primary N) is 2. The van der Waals surface area contributed by atoms with E-state index in [0.717, 1.165) is 93.4 Å². The van der Waals surface area contributed by atoms with Gasteiger partial charge in [-0.2, -0.15) is 9.97 Å². The van der Waals surface area contributed by atoms with Crippen LogP contribution < -0.4 is 42.9 Å². The van der Waals surface area contributed by atoms with Gasteiger partial charge in [0.25, 0.3) is 16.7 Å². The van der Waals surface area contributed by atoms with Gasteiger partial charge in [-0.1, -0.05) is 137 Å². The first-order valence-corrected chi connectivity index (χ1v) is 37.5. The van der Waals surface area contributed by atoms with Crippen LogP contribution in [0.2, 0.25) is 35.5 Å². The molecule has 0 saturated heterocycles. The minimum atomic E-state index is -1.00. The Morgan fingerprint density at radius 2 is 0.991 bits per heavy atom. The number of hydrogen-bond acceptors (Lipinski definition) is 26. The van der Waals surface area contributed by atoms with Crippen molar-refractivity contribution < 1.29 is 58.2 Å². The molecule has 0 amide bonds. The minimum absolute atomic E-state index is 0.109. The molecule has 0 aliphatic rings. The van der Waals surface area contributed by atoms with Crippen LogP contribution in [0.1, 0.15) is 118 Å². The molecule has 38 heteroatoms. The van der Waals surface area contributed by atoms with E-state index in [2.05, 4.69) is 64.1 Å². The van der Waals surface area contributed by atoms with E-state index < -0.39 is 42.1 Å². The molecule has 9 aromatic rings. The quantitative estimate of drug-likeness (QED) is 0.00433. The number of rotatable bonds is 30. The van der Waals surface area contributed by atoms with Crippen molar-refractivity contribution >= 4 is 128 Å². The van der Waals surface area contributed by atoms with Gasteiger partial charge in [-0.3, -0.25) is 28.6 Å². The van der Waals surface area contributed by atoms with E-state index in [4.69, 9.17) is 115 Å². The maximum absolute atomic E-state index is 12.8. The number of nitrogens with zero attached hydrogens (tertiary/aromatic N) is 12. The van der Waals surface area contributed by atoms with E-state index in [1.54, 1.807) is 119 Å². The van der Waals surface area contributed by atoms with Gasteiger partial charge >= 0.3 is 23.9 Å². The number of ether oxygens (including phenoxy) is 6. The number of ketones is 1. The highest BCUT2D eigenvalue weighted by atomic mass is 35.5. The first-order valence-electron chi connectivity index (χ1n) is 35.2. The highest BCUT2D eigenvalue weighted by Gasteiger charge is 2.21. The van der Waals surface area contributed by atoms with Crippen LogP contribution in [0.25, 0.3) is 0 Å². The first kappa shape index (κ1) is 97.4. The molecule has 9 heterocycles. The SMILES string of the molecule is COC(=O)C(=C/C(Cl)=C/N(C)C)C(=O)OC.COC(=O)c1cc(Cl)cn(Cc2ccc(Cl)cn2)c1=O.COC(=O)c1cc(Cl)cn(Cc2ccc(Cl)nc2)c1=O.COc1ccnc(CCCCCCCC(=O)c2cc(Cl)cn(Cc3ccc(Cl)nc3)c2=O)n1.COc1ccnc(NCCCCCN)n1.NCc1ccc(Cl)nc1.[2H]CF. The molecule has 29 nitrogen and oxygen atoms in total. The third-order valence-corrected chi connectivity index (χ3v) is 16.6. The fourth-order valence-corrected chi connectivity index (χ4v) is 10.8. The number of Topliss-reactive ketones (excluding diaryl/α,β-unsaturated/α-hetero) is 1. The molecule has 0 aromatic carbocycles. The Bertz CT molecular complexity index is 4670. The van der Waals surface area contributed by atoms with Gasteiger partial charge in [-0.25, -0.2) is 44.1 Å². The van der Waals surface area contributed by atoms with Crippen LogP contribution in [0, 0.1) is 0 Å². The number of aryl methyl sites for hydroxylation is 1. The van der Waals surface area contributed by atoms with Crippen molar-refractivity contribution in [3.8, 4) is 11.8 Å². The van der Waals surface area contributed by atoms with Crippen LogP contribution in [0.5, 0.6) is 11.8 Å². The molecule has 9 rings (SSSR count). The molecule has 0 bridgehead atoms. The number of carbonyl (C=O) groups excluding carboxylic acids is 5. The largest absolute Gasteiger partial charge is 0.481 e. The van der Waals surface area contributed by atoms with Gasteiger partial charge in [0.15, 0.2) is 5.78 Å². The third kappa shape index (κ3) is 37.9. The molecule has 115 heavy (non-hydrogen) atoms. The Morgan fingerprint density at radius 1 is 0.530 bits per heavy atom. The van der Waals surface area contributed by atoms with Crippen LogP contribution in [0.15, 0.2) is 172 Å². The predicted octanol–water partition coefficient (Wildman–Crippen LogP) is 13.6. The van der Waals surface area contributed by atoms with E-state index in [-0.39, 0.29) is 68.3 Å². The molecule has 0 atom stereocenters. The monoisotopic (exact) mass is 1750 g/mol. The van der Waals surface area contributed by atoms with Gasteiger partial charge in [-0.05, 0) is 104 Å². The number of esters is 4. The molecule has 0 saturated carbocycles. The summed E-state index contributed by atoms with van der Waals surface area (Å²) in [5, 5.41) is 5.98. The number of anilines is 1. The second-order valence-corrected chi connectivity index (χ2v) is 26.9. The summed E-state index contributed by atoms with van der Waals surface area (Å²) < 4.78 is 47.6. The smallest absolute Gasteiger partial charge is 0.345 e. The van der Waals surface area contributed by atoms with Crippen LogP contribution in [0.3, 0.4) is 0 Å². The second-order valence-electron chi connectivity index (χ2n) is 23.6. The van der Waals surface area contributed by atoms with Gasteiger partial charge < -0.3 is 63.8 Å². The molecule has 0 fully saturated rings. The Kier molecular flexibility index (Phi) is 47.0. The van der Waals surface area contributed by atoms with Crippen molar-refractivity contribution in [2.45, 2.75) is 90.4 Å². The first-order chi connectivity index (χ1) is 55.5. The molecular formula is C77H88Cl8FN15O14. The van der Waals surface area contributed by atoms with Gasteiger partial charge in [0, 0.05) is 114 Å². The number of pyridine rings is 7. The molecule has 618 valence electrons. The molecule has 9 aromatic heterocycles. The van der Waals surface area contributed by atoms with Gasteiger partial charge in [0.05, 0.1) is 107 Å². The number of unbranched alkanes of at least 4 members (excludes halogenated alkanes) is 6. The fraction of sp³-hybridized carbons (Fsp3) is 0.325. The van der Waals surface area contributed by atoms with Gasteiger partial charge in [0.1, 0.15) is 38.0 Å². The molecule has 0 radical (unpaired) electrons. The maximum atomic E-state index is 12.8. The number of halogens is 9. The second kappa shape index (κ2) is 55.5. The standard InChI is InChI=1S/C24H26Cl2N4O3.2C13H10Cl2N2O3.C10H14ClNO4.C10H18N4O.C6H7ClN2.CH3F/c1-33-23-11-12-27-22(29-23)8-6-4-2-3-5-7-20(31)19-13-18(25)16-30(24(19)32)15-17-9-10-21(26)28-14-17;1-20-13(19)11-4-9(15)6-17(12(11)18)7-10-3-2-8(14)5-16-10;1-20-13(19)10-4-9(14)7-17(12(10)18)6-8-2-3-11(15)16-5-8;1-12(2)6-7(11)5-8(9(13)15-3)10(14)16-4;1-15-9-5-8-13-10(14-9)12-7-4-2-3-6-11;7-6-2-1-5(3-8)4-9-6;1-2/h9-14,16H,2-8,15H2,1H3;2-6H,7H2,1H3;2-5,7H,6H2,1H3;5-6H,1-4H3;5,8H,2-4,6-7,11H2,1H3,(H,12,13,14);1-2,4H,3,8H2;1H3/b;;;7-6-;;;/i;;;;;;1D. The lowest BCUT2D eigenvalue weighted by atomic mass is 10.0. The molecule has 0 spiro atoms. The number of nitrogens with one attached hydrogen (secondary N) is 1. The van der Waals surface area contributed by atoms with E-state index in [9.17, 15) is 42.7 Å². The van der Waals surface area contributed by atoms with E-state index in [1.165, 1.54) is 97.4 Å². The molecule has 0 aliphatic carbocycles. The predicted molar refractivity (Wildman–Crippen MR) is 443 cm³/mol. The van der Waals surface area contributed by atoms with Crippen molar-refractivity contribution in [2.75, 3.05) is 82.3 Å². The van der Waals surface area contributed by atoms with Crippen molar-refractivity contribution in [1.29, 1.82) is 0 Å². The average Bonchev–Trinajstić information content (AvgIpc) is 0.827. The summed E-state index contributed by atoms with van der Waals surface area (Å²) in [5.74, 6) is -0.684. The molecule has 5 N–H and O–H groups in total. The number of allylic oxidation sites excluding steroid dienone is 2. The summed E-state index contributed by atoms with van der Waals surface area (Å²) in [4.78, 5) is 130. The van der Waals surface area contributed by atoms with E-state index >= 15 is 0 Å². The summed E-state index contributed by atoms with van der Waals surface area (Å²) in [6.45, 7) is 2.82. The summed E-state index contributed by atoms with van der Waals surface area (Å²) >= 11 is 46.6. The third-order valence-electron chi connectivity index (χ3n) is 14.9. The lowest BCUT2D eigenvalue weighted by molar-refractivity contribution is -0.144. The Balaban J connectivity index is 0.000000372. The molecular weight excluding hydrogens is 1660 g/mol. The Labute approximate surface area is 705 Å². The lowest BCUT2D eigenvalue weighted by Gasteiger charge is -2.09. The normalized spacial score (nSPS) is 10.4. The molecule has 0 aliphatic heterocycles. The zero-order valence-electron chi connectivity index (χ0n) is 65.0. The topological polar surface area (TPSA) is 377 Å². The number of methoxy groups -OCH3 is 6. The molecule has 0 unspecified atom stereocenters. The summed E-state index contributed by atoms with van der Waals surface area (Å²) in [6, 6.07) is 21.2. The van der Waals surface area contributed by atoms with Crippen LogP contribution in [0.4, 0.5) is 10.3 Å². The minimum Gasteiger partial charge on any atom is -0.481 e. The maximum Gasteiger partial charge on any atom is 0.345 e. The highest BCUT2D eigenvalue weighted by molar-refractivity contribution is 6.33. The number of aromatic nitrogens is 11. The van der Waals surface area contributed by atoms with Crippen molar-refractivity contribution in [3.05, 3.63) is 269 Å². The van der Waals surface area contributed by atoms with Gasteiger partial charge in [-0.15, -0.1) is 0 Å². The fourth-order valence-electron chi connectivity index (χ4n) is 9.34. The highest BCUT2D eigenvalue weighted by Crippen LogP contribution is 2.19. The zero-order valence-corrected chi connectivity index (χ0v) is 70.1. The lowest BCUT2D eigenvalue weighted by Crippen LogP contribution is -2.27. The van der Waals surface area contributed by atoms with Crippen molar-refractivity contribution in [3.63, 3.8) is 0 Å². The van der Waals surface area contributed by atoms with Crippen LogP contribution in [-0.2, 0) is 61.1 Å². The van der Waals surface area contributed by atoms with Crippen molar-refractivity contribution in [1.82, 2.24) is 58.5 Å². The number of carbonyl (C=O) groups is 5. The number of alkyl halides is 1. The van der Waals surface area contributed by atoms with E-state index in [0.29, 0.717) is 61.9 Å². The summed E-state index contributed by atoms with van der Waals surface area (Å²) in [5.41, 5.74) is 12.2.